The molecule has 0 aliphatic heterocycles. The second kappa shape index (κ2) is 49.8. The minimum atomic E-state index is -1.26. The van der Waals surface area contributed by atoms with E-state index in [2.05, 4.69) is 62.8 Å². The fourth-order valence-electron chi connectivity index (χ4n) is 12.4. The number of aromatic amines is 1. The molecule has 5 aromatic rings. The summed E-state index contributed by atoms with van der Waals surface area (Å²) in [6.45, 7) is 2.80. The number of fused-ring (bicyclic) bond motifs is 6. The Morgan fingerprint density at radius 1 is 0.349 bits per heavy atom. The highest BCUT2D eigenvalue weighted by Gasteiger charge is 2.35. The van der Waals surface area contributed by atoms with Crippen LogP contribution in [0.5, 0.6) is 0 Å². The zero-order chi connectivity index (χ0) is 77.0. The second-order valence-corrected chi connectivity index (χ2v) is 27.0. The van der Waals surface area contributed by atoms with Gasteiger partial charge in [0.1, 0.15) is 54.2 Å². The minimum Gasteiger partial charge on any atom is -0.368 e. The number of carbonyl (C=O) groups excluding carboxylic acids is 10. The Morgan fingerprint density at radius 3 is 1.02 bits per heavy atom. The first-order chi connectivity index (χ1) is 51.4. The van der Waals surface area contributed by atoms with E-state index >= 15 is 0 Å². The first-order valence-electron chi connectivity index (χ1n) is 38.1. The monoisotopic (exact) mass is 1480 g/mol. The summed E-state index contributed by atoms with van der Waals surface area (Å²) in [5, 5.41) is 27.2. The molecule has 28 N–H and O–H groups in total. The average Bonchev–Trinajstić information content (AvgIpc) is 1.53. The van der Waals surface area contributed by atoms with Crippen LogP contribution in [0.3, 0.4) is 0 Å². The SMILES string of the molecule is NCCCC[C@H](NC(=O)[C@H](CCCCN)NC(=O)[C@H](CCCCN)NC(=O)[C@H](CCCCN)NC(=O)[C@H](CCCCN)NC(=O)[C@H](CCCCN)NC(=O)[C@H](CCCCN)NC(=O)[C@H](CCCCN)NC(=O)CCCCCNC(=O)c1ccc(-c2nc3c4cccnc4c4ncccc4c3[nH]2)cc1)C(N)=O. The number of pyridine rings is 2. The number of benzene rings is 2. The number of carbonyl (C=O) groups is 10. The van der Waals surface area contributed by atoms with Crippen molar-refractivity contribution in [2.24, 2.45) is 51.6 Å². The Hall–Kier alpha value is -8.89. The number of primary amides is 1. The van der Waals surface area contributed by atoms with Crippen LogP contribution in [0.25, 0.3) is 44.2 Å². The number of imidazole rings is 1. The molecule has 586 valence electrons. The van der Waals surface area contributed by atoms with Crippen molar-refractivity contribution in [3.63, 3.8) is 0 Å². The van der Waals surface area contributed by atoms with Gasteiger partial charge in [-0.15, -0.1) is 0 Å². The van der Waals surface area contributed by atoms with Gasteiger partial charge in [0.25, 0.3) is 5.91 Å². The lowest BCUT2D eigenvalue weighted by atomic mass is 10.0. The summed E-state index contributed by atoms with van der Waals surface area (Å²) in [7, 11) is 0. The van der Waals surface area contributed by atoms with Crippen LogP contribution in [0.2, 0.25) is 0 Å². The molecule has 8 atom stereocenters. The predicted octanol–water partition coefficient (Wildman–Crippen LogP) is 1.01. The summed E-state index contributed by atoms with van der Waals surface area (Å²) in [4.78, 5) is 158. The molecule has 0 aliphatic rings. The fraction of sp³-hybridized carbons (Fsp3) is 0.608. The van der Waals surface area contributed by atoms with E-state index in [-0.39, 0.29) is 95.8 Å². The van der Waals surface area contributed by atoms with E-state index in [1.165, 1.54) is 0 Å². The zero-order valence-corrected chi connectivity index (χ0v) is 61.7. The first-order valence-corrected chi connectivity index (χ1v) is 38.1. The molecule has 0 radical (unpaired) electrons. The molecular weight excluding hydrogens is 1360 g/mol. The van der Waals surface area contributed by atoms with E-state index in [9.17, 15) is 47.9 Å². The van der Waals surface area contributed by atoms with Gasteiger partial charge >= 0.3 is 0 Å². The van der Waals surface area contributed by atoms with E-state index < -0.39 is 95.6 Å². The number of hydrogen-bond donors (Lipinski definition) is 19. The number of unbranched alkanes of at least 4 members (excludes halogenated alkanes) is 10. The molecule has 32 heteroatoms. The van der Waals surface area contributed by atoms with Crippen molar-refractivity contribution in [1.29, 1.82) is 0 Å². The van der Waals surface area contributed by atoms with Crippen molar-refractivity contribution in [2.45, 2.75) is 228 Å². The van der Waals surface area contributed by atoms with Gasteiger partial charge in [-0.1, -0.05) is 18.6 Å². The number of nitrogens with two attached hydrogens (primary N) is 9. The molecule has 0 fully saturated rings. The molecule has 0 saturated heterocycles. The fourth-order valence-corrected chi connectivity index (χ4v) is 12.4. The number of nitrogens with zero attached hydrogens (tertiary/aromatic N) is 3. The van der Waals surface area contributed by atoms with Crippen molar-refractivity contribution >= 4 is 91.9 Å². The van der Waals surface area contributed by atoms with Gasteiger partial charge in [0, 0.05) is 47.3 Å². The van der Waals surface area contributed by atoms with Crippen LogP contribution in [-0.4, -0.2) is 186 Å². The molecule has 2 aromatic carbocycles. The van der Waals surface area contributed by atoms with Gasteiger partial charge in [-0.2, -0.15) is 0 Å². The van der Waals surface area contributed by atoms with Crippen LogP contribution in [0.1, 0.15) is 190 Å². The second-order valence-electron chi connectivity index (χ2n) is 27.0. The number of aromatic nitrogens is 4. The first kappa shape index (κ1) is 87.7. The Kier molecular flexibility index (Phi) is 41.2. The van der Waals surface area contributed by atoms with Crippen molar-refractivity contribution in [2.75, 3.05) is 58.9 Å². The third kappa shape index (κ3) is 29.8. The van der Waals surface area contributed by atoms with Gasteiger partial charge in [-0.05, 0) is 256 Å². The Labute approximate surface area is 621 Å². The van der Waals surface area contributed by atoms with Crippen LogP contribution >= 0.6 is 0 Å². The Morgan fingerprint density at radius 2 is 0.670 bits per heavy atom. The third-order valence-corrected chi connectivity index (χ3v) is 18.5. The van der Waals surface area contributed by atoms with E-state index in [4.69, 9.17) is 56.6 Å². The van der Waals surface area contributed by atoms with Gasteiger partial charge in [0.2, 0.25) is 53.2 Å². The van der Waals surface area contributed by atoms with Crippen LogP contribution in [-0.2, 0) is 43.2 Å². The Bertz CT molecular complexity index is 3470. The minimum absolute atomic E-state index is 0.0707. The van der Waals surface area contributed by atoms with Gasteiger partial charge in [-0.3, -0.25) is 57.9 Å². The molecular formula is C74H120N22O10. The maximum atomic E-state index is 14.7. The van der Waals surface area contributed by atoms with Crippen molar-refractivity contribution < 1.29 is 47.9 Å². The number of rotatable bonds is 56. The highest BCUT2D eigenvalue weighted by Crippen LogP contribution is 2.33. The van der Waals surface area contributed by atoms with Crippen LogP contribution < -0.4 is 99.5 Å². The number of nitrogens with one attached hydrogen (secondary N) is 10. The van der Waals surface area contributed by atoms with Crippen LogP contribution in [0, 0.1) is 0 Å². The molecule has 0 bridgehead atoms. The smallest absolute Gasteiger partial charge is 0.251 e. The maximum absolute atomic E-state index is 14.7. The number of H-pyrrole nitrogens is 1. The summed E-state index contributed by atoms with van der Waals surface area (Å²) in [6.07, 6.45) is 13.7. The topological polar surface area (TPSA) is 568 Å². The van der Waals surface area contributed by atoms with Crippen molar-refractivity contribution in [3.05, 3.63) is 66.5 Å². The number of amides is 10. The highest BCUT2D eigenvalue weighted by molar-refractivity contribution is 6.21. The molecule has 106 heavy (non-hydrogen) atoms. The highest BCUT2D eigenvalue weighted by atomic mass is 16.2. The van der Waals surface area contributed by atoms with E-state index in [0.29, 0.717) is 166 Å². The van der Waals surface area contributed by atoms with Gasteiger partial charge in [-0.25, -0.2) is 4.98 Å². The average molecular weight is 1480 g/mol. The van der Waals surface area contributed by atoms with Crippen molar-refractivity contribution in [1.82, 2.24) is 67.8 Å². The summed E-state index contributed by atoms with van der Waals surface area (Å²) in [6, 6.07) is 5.46. The van der Waals surface area contributed by atoms with Crippen molar-refractivity contribution in [3.8, 4) is 11.4 Å². The molecule has 3 aromatic heterocycles. The quantitative estimate of drug-likeness (QED) is 0.0191. The standard InChI is InChI=1S/C74H120N22O10/c75-37-11-3-24-52(65(83)98)88-69(101)54(26-5-13-39-77)90-71(103)56(28-7-15-41-79)92-73(105)58(30-9-17-43-81)94-74(106)59(31-10-18-44-82)93-72(104)57(29-8-16-42-80)91-70(102)55(27-6-14-40-78)89-68(100)53(25-4-12-38-76)87-60(97)32-2-1-19-45-86-67(99)49-35-33-48(34-36-49)66-95-63-50-22-20-46-84-61(50)62-51(64(63)96-66)23-21-47-85-62/h20-23,33-36,46-47,52-59H,1-19,24-32,37-45,75-82H2,(H2,83,98)(H,86,99)(H,87,97)(H,88,101)(H,89,100)(H,90,103)(H,91,102)(H,92,105)(H,93,104)(H,94,106)(H,95,96)/t52-,53-,54-,55-,56-,57-,58-,59-/m0/s1. The summed E-state index contributed by atoms with van der Waals surface area (Å²) in [5.74, 6) is -5.61. The molecule has 0 saturated carbocycles. The summed E-state index contributed by atoms with van der Waals surface area (Å²) >= 11 is 0. The Balaban J connectivity index is 1.23. The van der Waals surface area contributed by atoms with Gasteiger partial charge in [0.05, 0.1) is 22.1 Å². The number of hydrogen-bond acceptors (Lipinski definition) is 21. The molecule has 0 aliphatic carbocycles. The molecule has 0 unspecified atom stereocenters. The zero-order valence-electron chi connectivity index (χ0n) is 61.7. The summed E-state index contributed by atoms with van der Waals surface area (Å²) in [5.41, 5.74) is 56.7. The van der Waals surface area contributed by atoms with E-state index in [0.717, 1.165) is 38.4 Å². The largest absolute Gasteiger partial charge is 0.368 e. The third-order valence-electron chi connectivity index (χ3n) is 18.5. The van der Waals surface area contributed by atoms with E-state index in [1.807, 2.05) is 36.4 Å². The lowest BCUT2D eigenvalue weighted by Crippen LogP contribution is -2.60. The molecule has 32 nitrogen and oxygen atoms in total. The normalized spacial score (nSPS) is 13.7. The molecule has 10 amide bonds. The lowest BCUT2D eigenvalue weighted by Gasteiger charge is -2.28. The van der Waals surface area contributed by atoms with Gasteiger partial charge in [0.15, 0.2) is 0 Å². The maximum Gasteiger partial charge on any atom is 0.251 e. The van der Waals surface area contributed by atoms with Crippen LogP contribution in [0.15, 0.2) is 60.9 Å². The van der Waals surface area contributed by atoms with Crippen LogP contribution in [0.4, 0.5) is 0 Å². The van der Waals surface area contributed by atoms with Gasteiger partial charge < -0.3 is 104 Å². The molecule has 3 heterocycles. The predicted molar refractivity (Wildman–Crippen MR) is 411 cm³/mol. The molecule has 5 rings (SSSR count). The molecule has 0 spiro atoms. The van der Waals surface area contributed by atoms with E-state index in [1.54, 1.807) is 24.5 Å². The lowest BCUT2D eigenvalue weighted by molar-refractivity contribution is -0.136. The summed E-state index contributed by atoms with van der Waals surface area (Å²) < 4.78 is 0.